The fraction of sp³-hybridized carbons (Fsp3) is 0.833. The Balaban J connectivity index is 2.37. The van der Waals surface area contributed by atoms with Gasteiger partial charge < -0.3 is 9.47 Å². The summed E-state index contributed by atoms with van der Waals surface area (Å²) in [6.07, 6.45) is 9.01. The fourth-order valence-corrected chi connectivity index (χ4v) is 1.91. The Bertz CT molecular complexity index is 177. The zero-order chi connectivity index (χ0) is 10.4. The van der Waals surface area contributed by atoms with Gasteiger partial charge in [-0.3, -0.25) is 0 Å². The minimum atomic E-state index is -0.344. The third-order valence-corrected chi connectivity index (χ3v) is 2.50. The highest BCUT2D eigenvalue weighted by molar-refractivity contribution is 4.84. The summed E-state index contributed by atoms with van der Waals surface area (Å²) in [5, 5.41) is 0. The highest BCUT2D eigenvalue weighted by atomic mass is 16.7. The minimum Gasteiger partial charge on any atom is -0.457 e. The SMILES string of the molecule is CCCCCC1(CC(C)C)OC=CO1. The van der Waals surface area contributed by atoms with Gasteiger partial charge in [-0.2, -0.15) is 0 Å². The summed E-state index contributed by atoms with van der Waals surface area (Å²) in [6, 6.07) is 0. The quantitative estimate of drug-likeness (QED) is 0.604. The summed E-state index contributed by atoms with van der Waals surface area (Å²) >= 11 is 0. The molecular formula is C12H22O2. The summed E-state index contributed by atoms with van der Waals surface area (Å²) in [5.74, 6) is 0.264. The third-order valence-electron chi connectivity index (χ3n) is 2.50. The third kappa shape index (κ3) is 3.24. The molecule has 1 rings (SSSR count). The summed E-state index contributed by atoms with van der Waals surface area (Å²) in [7, 11) is 0. The molecule has 14 heavy (non-hydrogen) atoms. The molecule has 0 aromatic heterocycles. The van der Waals surface area contributed by atoms with Crippen molar-refractivity contribution < 1.29 is 9.47 Å². The molecule has 2 heteroatoms. The molecule has 0 spiro atoms. The van der Waals surface area contributed by atoms with Gasteiger partial charge >= 0.3 is 0 Å². The predicted octanol–water partition coefficient (Wildman–Crippen LogP) is 3.83. The van der Waals surface area contributed by atoms with E-state index in [4.69, 9.17) is 9.47 Å². The predicted molar refractivity (Wildman–Crippen MR) is 57.6 cm³/mol. The van der Waals surface area contributed by atoms with Crippen molar-refractivity contribution in [2.75, 3.05) is 0 Å². The standard InChI is InChI=1S/C12H22O2/c1-4-5-6-7-12(10-11(2)3)13-8-9-14-12/h8-9,11H,4-7,10H2,1-3H3. The lowest BCUT2D eigenvalue weighted by atomic mass is 9.97. The molecule has 2 nitrogen and oxygen atoms in total. The van der Waals surface area contributed by atoms with Crippen molar-refractivity contribution in [3.63, 3.8) is 0 Å². The molecule has 0 radical (unpaired) electrons. The average Bonchev–Trinajstić information content (AvgIpc) is 2.53. The zero-order valence-electron chi connectivity index (χ0n) is 9.58. The van der Waals surface area contributed by atoms with Crippen LogP contribution in [0.5, 0.6) is 0 Å². The Morgan fingerprint density at radius 2 is 1.79 bits per heavy atom. The van der Waals surface area contributed by atoms with Gasteiger partial charge in [0.2, 0.25) is 5.79 Å². The van der Waals surface area contributed by atoms with Crippen LogP contribution in [0.4, 0.5) is 0 Å². The van der Waals surface area contributed by atoms with Crippen LogP contribution in [-0.2, 0) is 9.47 Å². The summed E-state index contributed by atoms with van der Waals surface area (Å²) in [6.45, 7) is 6.61. The van der Waals surface area contributed by atoms with E-state index in [0.717, 1.165) is 12.8 Å². The molecule has 1 aliphatic rings. The van der Waals surface area contributed by atoms with Gasteiger partial charge in [0, 0.05) is 12.8 Å². The van der Waals surface area contributed by atoms with E-state index in [0.29, 0.717) is 5.92 Å². The summed E-state index contributed by atoms with van der Waals surface area (Å²) in [5.41, 5.74) is 0. The van der Waals surface area contributed by atoms with Gasteiger partial charge in [0.1, 0.15) is 12.5 Å². The Morgan fingerprint density at radius 1 is 1.14 bits per heavy atom. The molecule has 0 aromatic carbocycles. The number of ether oxygens (including phenoxy) is 2. The van der Waals surface area contributed by atoms with Gasteiger partial charge in [0.05, 0.1) is 0 Å². The van der Waals surface area contributed by atoms with Crippen LogP contribution >= 0.6 is 0 Å². The van der Waals surface area contributed by atoms with E-state index in [1.807, 2.05) is 0 Å². The first-order chi connectivity index (χ1) is 6.68. The van der Waals surface area contributed by atoms with Crippen LogP contribution in [0.3, 0.4) is 0 Å². The normalized spacial score (nSPS) is 18.3. The molecule has 0 saturated carbocycles. The molecule has 0 amide bonds. The molecule has 1 heterocycles. The zero-order valence-corrected chi connectivity index (χ0v) is 9.58. The lowest BCUT2D eigenvalue weighted by molar-refractivity contribution is -0.159. The maximum absolute atomic E-state index is 5.60. The van der Waals surface area contributed by atoms with E-state index in [1.54, 1.807) is 12.5 Å². The molecule has 0 N–H and O–H groups in total. The van der Waals surface area contributed by atoms with Crippen LogP contribution in [0.25, 0.3) is 0 Å². The number of rotatable bonds is 6. The Kier molecular flexibility index (Phi) is 4.30. The first kappa shape index (κ1) is 11.4. The van der Waals surface area contributed by atoms with Crippen LogP contribution in [0.15, 0.2) is 12.5 Å². The smallest absolute Gasteiger partial charge is 0.250 e. The number of hydrogen-bond acceptors (Lipinski definition) is 2. The maximum atomic E-state index is 5.60. The van der Waals surface area contributed by atoms with Crippen LogP contribution in [-0.4, -0.2) is 5.79 Å². The van der Waals surface area contributed by atoms with E-state index in [-0.39, 0.29) is 5.79 Å². The van der Waals surface area contributed by atoms with Crippen molar-refractivity contribution in [1.82, 2.24) is 0 Å². The van der Waals surface area contributed by atoms with Crippen LogP contribution in [0.2, 0.25) is 0 Å². The van der Waals surface area contributed by atoms with Gasteiger partial charge in [0.15, 0.2) is 0 Å². The van der Waals surface area contributed by atoms with Gasteiger partial charge in [-0.25, -0.2) is 0 Å². The highest BCUT2D eigenvalue weighted by Gasteiger charge is 2.35. The Morgan fingerprint density at radius 3 is 2.29 bits per heavy atom. The lowest BCUT2D eigenvalue weighted by Crippen LogP contribution is -2.31. The van der Waals surface area contributed by atoms with Gasteiger partial charge in [-0.1, -0.05) is 33.6 Å². The monoisotopic (exact) mass is 198 g/mol. The Labute approximate surface area is 87.3 Å². The van der Waals surface area contributed by atoms with Gasteiger partial charge in [-0.05, 0) is 12.3 Å². The first-order valence-electron chi connectivity index (χ1n) is 5.69. The van der Waals surface area contributed by atoms with E-state index < -0.39 is 0 Å². The van der Waals surface area contributed by atoms with E-state index in [9.17, 15) is 0 Å². The molecule has 0 aromatic rings. The average molecular weight is 198 g/mol. The molecule has 0 bridgehead atoms. The maximum Gasteiger partial charge on any atom is 0.250 e. The van der Waals surface area contributed by atoms with E-state index in [1.165, 1.54) is 19.3 Å². The largest absolute Gasteiger partial charge is 0.457 e. The molecule has 0 aliphatic carbocycles. The Hall–Kier alpha value is -0.660. The van der Waals surface area contributed by atoms with Crippen molar-refractivity contribution in [3.05, 3.63) is 12.5 Å². The summed E-state index contributed by atoms with van der Waals surface area (Å²) < 4.78 is 11.2. The highest BCUT2D eigenvalue weighted by Crippen LogP contribution is 2.32. The van der Waals surface area contributed by atoms with Crippen molar-refractivity contribution in [1.29, 1.82) is 0 Å². The molecular weight excluding hydrogens is 176 g/mol. The number of hydrogen-bond donors (Lipinski definition) is 0. The van der Waals surface area contributed by atoms with Crippen molar-refractivity contribution >= 4 is 0 Å². The minimum absolute atomic E-state index is 0.344. The fourth-order valence-electron chi connectivity index (χ4n) is 1.91. The second-order valence-corrected chi connectivity index (χ2v) is 4.47. The molecule has 0 fully saturated rings. The van der Waals surface area contributed by atoms with Crippen molar-refractivity contribution in [2.45, 2.75) is 58.7 Å². The van der Waals surface area contributed by atoms with E-state index in [2.05, 4.69) is 20.8 Å². The lowest BCUT2D eigenvalue weighted by Gasteiger charge is -2.29. The van der Waals surface area contributed by atoms with Gasteiger partial charge in [-0.15, -0.1) is 0 Å². The second-order valence-electron chi connectivity index (χ2n) is 4.47. The van der Waals surface area contributed by atoms with Gasteiger partial charge in [0.25, 0.3) is 0 Å². The van der Waals surface area contributed by atoms with Crippen molar-refractivity contribution in [3.8, 4) is 0 Å². The molecule has 1 aliphatic heterocycles. The van der Waals surface area contributed by atoms with Crippen molar-refractivity contribution in [2.24, 2.45) is 5.92 Å². The van der Waals surface area contributed by atoms with Crippen LogP contribution in [0.1, 0.15) is 52.9 Å². The molecule has 82 valence electrons. The molecule has 0 unspecified atom stereocenters. The molecule has 0 saturated heterocycles. The molecule has 0 atom stereocenters. The number of unbranched alkanes of at least 4 members (excludes halogenated alkanes) is 2. The summed E-state index contributed by atoms with van der Waals surface area (Å²) in [4.78, 5) is 0. The topological polar surface area (TPSA) is 18.5 Å². The second kappa shape index (κ2) is 5.28. The van der Waals surface area contributed by atoms with Crippen LogP contribution in [0, 0.1) is 5.92 Å². The van der Waals surface area contributed by atoms with E-state index >= 15 is 0 Å². The first-order valence-corrected chi connectivity index (χ1v) is 5.69. The van der Waals surface area contributed by atoms with Crippen LogP contribution < -0.4 is 0 Å².